The Morgan fingerprint density at radius 2 is 1.73 bits per heavy atom. The molecule has 0 saturated heterocycles. The van der Waals surface area contributed by atoms with Gasteiger partial charge in [-0.3, -0.25) is 4.79 Å². The lowest BCUT2D eigenvalue weighted by molar-refractivity contribution is -0.128. The summed E-state index contributed by atoms with van der Waals surface area (Å²) in [5.41, 5.74) is 0.887. The first-order valence-electron chi connectivity index (χ1n) is 8.79. The van der Waals surface area contributed by atoms with Crippen molar-refractivity contribution in [1.29, 1.82) is 0 Å². The summed E-state index contributed by atoms with van der Waals surface area (Å²) in [6, 6.07) is 10.4. The molecule has 0 bridgehead atoms. The Hall–Kier alpha value is -1.35. The normalized spacial score (nSPS) is 17.4. The van der Waals surface area contributed by atoms with Gasteiger partial charge in [-0.15, -0.1) is 0 Å². The number of benzene rings is 1. The predicted octanol–water partition coefficient (Wildman–Crippen LogP) is 3.35. The summed E-state index contributed by atoms with van der Waals surface area (Å²) < 4.78 is 0. The SMILES string of the molecule is CCN(CC)CCNC(=O)C1(c2ccccc2)CCCCC1. The van der Waals surface area contributed by atoms with E-state index in [0.717, 1.165) is 51.9 Å². The van der Waals surface area contributed by atoms with Crippen molar-refractivity contribution < 1.29 is 4.79 Å². The lowest BCUT2D eigenvalue weighted by Gasteiger charge is -2.36. The van der Waals surface area contributed by atoms with E-state index in [1.807, 2.05) is 6.07 Å². The first-order chi connectivity index (χ1) is 10.7. The molecule has 0 atom stereocenters. The summed E-state index contributed by atoms with van der Waals surface area (Å²) in [5, 5.41) is 3.21. The average molecular weight is 302 g/mol. The molecular weight excluding hydrogens is 272 g/mol. The zero-order valence-electron chi connectivity index (χ0n) is 14.1. The van der Waals surface area contributed by atoms with Gasteiger partial charge in [-0.2, -0.15) is 0 Å². The number of hydrogen-bond donors (Lipinski definition) is 1. The van der Waals surface area contributed by atoms with Gasteiger partial charge in [0.15, 0.2) is 0 Å². The van der Waals surface area contributed by atoms with Crippen LogP contribution < -0.4 is 5.32 Å². The first kappa shape index (κ1) is 17.0. The van der Waals surface area contributed by atoms with Gasteiger partial charge < -0.3 is 10.2 Å². The smallest absolute Gasteiger partial charge is 0.230 e. The fourth-order valence-corrected chi connectivity index (χ4v) is 3.60. The minimum atomic E-state index is -0.303. The maximum absolute atomic E-state index is 12.9. The van der Waals surface area contributed by atoms with Gasteiger partial charge in [-0.05, 0) is 31.5 Å². The van der Waals surface area contributed by atoms with Gasteiger partial charge >= 0.3 is 0 Å². The Labute approximate surface area is 135 Å². The highest BCUT2D eigenvalue weighted by Crippen LogP contribution is 2.39. The second kappa shape index (κ2) is 8.33. The van der Waals surface area contributed by atoms with Crippen molar-refractivity contribution in [2.75, 3.05) is 26.2 Å². The molecule has 1 aromatic rings. The highest BCUT2D eigenvalue weighted by Gasteiger charge is 2.40. The molecule has 2 rings (SSSR count). The molecule has 1 aliphatic rings. The van der Waals surface area contributed by atoms with Crippen LogP contribution >= 0.6 is 0 Å². The summed E-state index contributed by atoms with van der Waals surface area (Å²) >= 11 is 0. The molecular formula is C19H30N2O. The van der Waals surface area contributed by atoms with E-state index in [4.69, 9.17) is 0 Å². The van der Waals surface area contributed by atoms with E-state index < -0.39 is 0 Å². The van der Waals surface area contributed by atoms with Gasteiger partial charge in [-0.25, -0.2) is 0 Å². The van der Waals surface area contributed by atoms with Gasteiger partial charge in [0.05, 0.1) is 5.41 Å². The van der Waals surface area contributed by atoms with E-state index >= 15 is 0 Å². The molecule has 1 fully saturated rings. The highest BCUT2D eigenvalue weighted by molar-refractivity contribution is 5.88. The molecule has 0 unspecified atom stereocenters. The second-order valence-corrected chi connectivity index (χ2v) is 6.29. The Kier molecular flexibility index (Phi) is 6.44. The van der Waals surface area contributed by atoms with E-state index in [-0.39, 0.29) is 11.3 Å². The van der Waals surface area contributed by atoms with Gasteiger partial charge in [0.1, 0.15) is 0 Å². The third-order valence-electron chi connectivity index (χ3n) is 5.08. The molecule has 3 nitrogen and oxygen atoms in total. The maximum atomic E-state index is 12.9. The molecule has 1 aliphatic carbocycles. The van der Waals surface area contributed by atoms with E-state index in [9.17, 15) is 4.79 Å². The maximum Gasteiger partial charge on any atom is 0.230 e. The monoisotopic (exact) mass is 302 g/mol. The Bertz CT molecular complexity index is 448. The van der Waals surface area contributed by atoms with Crippen molar-refractivity contribution in [3.63, 3.8) is 0 Å². The van der Waals surface area contributed by atoms with E-state index in [2.05, 4.69) is 48.3 Å². The third-order valence-corrected chi connectivity index (χ3v) is 5.08. The summed E-state index contributed by atoms with van der Waals surface area (Å²) in [4.78, 5) is 15.3. The molecule has 1 saturated carbocycles. The Morgan fingerprint density at radius 1 is 1.09 bits per heavy atom. The zero-order valence-corrected chi connectivity index (χ0v) is 14.1. The lowest BCUT2D eigenvalue weighted by atomic mass is 9.68. The first-order valence-corrected chi connectivity index (χ1v) is 8.79. The number of hydrogen-bond acceptors (Lipinski definition) is 2. The minimum Gasteiger partial charge on any atom is -0.354 e. The lowest BCUT2D eigenvalue weighted by Crippen LogP contribution is -2.47. The molecule has 122 valence electrons. The minimum absolute atomic E-state index is 0.227. The molecule has 1 amide bonds. The van der Waals surface area contributed by atoms with Gasteiger partial charge in [0, 0.05) is 13.1 Å². The van der Waals surface area contributed by atoms with Crippen LogP contribution in [0.3, 0.4) is 0 Å². The van der Waals surface area contributed by atoms with Crippen molar-refractivity contribution in [1.82, 2.24) is 10.2 Å². The fourth-order valence-electron chi connectivity index (χ4n) is 3.60. The van der Waals surface area contributed by atoms with E-state index in [0.29, 0.717) is 0 Å². The molecule has 0 heterocycles. The van der Waals surface area contributed by atoms with Crippen molar-refractivity contribution in [2.24, 2.45) is 0 Å². The summed E-state index contributed by atoms with van der Waals surface area (Å²) in [5.74, 6) is 0.227. The van der Waals surface area contributed by atoms with E-state index in [1.165, 1.54) is 12.0 Å². The Morgan fingerprint density at radius 3 is 2.32 bits per heavy atom. The van der Waals surface area contributed by atoms with Crippen LogP contribution in [0.1, 0.15) is 51.5 Å². The average Bonchev–Trinajstić information content (AvgIpc) is 2.60. The standard InChI is InChI=1S/C19H30N2O/c1-3-21(4-2)16-15-20-18(22)19(13-9-6-10-14-19)17-11-7-5-8-12-17/h5,7-8,11-12H,3-4,6,9-10,13-16H2,1-2H3,(H,20,22). The van der Waals surface area contributed by atoms with Crippen LogP contribution in [0, 0.1) is 0 Å². The van der Waals surface area contributed by atoms with Crippen molar-refractivity contribution >= 4 is 5.91 Å². The molecule has 1 N–H and O–H groups in total. The van der Waals surface area contributed by atoms with Crippen molar-refractivity contribution in [2.45, 2.75) is 51.4 Å². The van der Waals surface area contributed by atoms with Crippen molar-refractivity contribution in [3.8, 4) is 0 Å². The quantitative estimate of drug-likeness (QED) is 0.838. The molecule has 1 aromatic carbocycles. The number of carbonyl (C=O) groups excluding carboxylic acids is 1. The molecule has 0 spiro atoms. The number of nitrogens with one attached hydrogen (secondary N) is 1. The molecule has 0 aliphatic heterocycles. The zero-order chi connectivity index (χ0) is 15.8. The van der Waals surface area contributed by atoms with Gasteiger partial charge in [0.2, 0.25) is 5.91 Å². The van der Waals surface area contributed by atoms with Crippen LogP contribution in [0.2, 0.25) is 0 Å². The number of amides is 1. The van der Waals surface area contributed by atoms with Crippen LogP contribution in [0.4, 0.5) is 0 Å². The molecule has 0 aromatic heterocycles. The third kappa shape index (κ3) is 3.89. The molecule has 22 heavy (non-hydrogen) atoms. The van der Waals surface area contributed by atoms with Crippen LogP contribution in [-0.4, -0.2) is 37.0 Å². The number of nitrogens with zero attached hydrogens (tertiary/aromatic N) is 1. The summed E-state index contributed by atoms with van der Waals surface area (Å²) in [7, 11) is 0. The van der Waals surface area contributed by atoms with Crippen LogP contribution in [0.5, 0.6) is 0 Å². The number of carbonyl (C=O) groups is 1. The number of rotatable bonds is 7. The second-order valence-electron chi connectivity index (χ2n) is 6.29. The largest absolute Gasteiger partial charge is 0.354 e. The van der Waals surface area contributed by atoms with Gasteiger partial charge in [0.25, 0.3) is 0 Å². The van der Waals surface area contributed by atoms with Crippen LogP contribution in [-0.2, 0) is 10.2 Å². The molecule has 0 radical (unpaired) electrons. The number of likely N-dealkylation sites (N-methyl/N-ethyl adjacent to an activating group) is 1. The fraction of sp³-hybridized carbons (Fsp3) is 0.632. The van der Waals surface area contributed by atoms with Crippen LogP contribution in [0.15, 0.2) is 30.3 Å². The van der Waals surface area contributed by atoms with Crippen LogP contribution in [0.25, 0.3) is 0 Å². The topological polar surface area (TPSA) is 32.3 Å². The summed E-state index contributed by atoms with van der Waals surface area (Å²) in [6.45, 7) is 8.08. The predicted molar refractivity (Wildman–Crippen MR) is 92.0 cm³/mol. The Balaban J connectivity index is 2.04. The highest BCUT2D eigenvalue weighted by atomic mass is 16.2. The van der Waals surface area contributed by atoms with E-state index in [1.54, 1.807) is 0 Å². The molecule has 3 heteroatoms. The van der Waals surface area contributed by atoms with Gasteiger partial charge in [-0.1, -0.05) is 63.4 Å². The summed E-state index contributed by atoms with van der Waals surface area (Å²) in [6.07, 6.45) is 5.51. The van der Waals surface area contributed by atoms with Crippen molar-refractivity contribution in [3.05, 3.63) is 35.9 Å².